The maximum atomic E-state index is 12.7. The largest absolute Gasteiger partial charge is 0.490 e. The second-order valence-corrected chi connectivity index (χ2v) is 10.9. The molecule has 1 saturated heterocycles. The van der Waals surface area contributed by atoms with Gasteiger partial charge < -0.3 is 14.8 Å². The molecule has 8 nitrogen and oxygen atoms in total. The van der Waals surface area contributed by atoms with Crippen LogP contribution in [0.5, 0.6) is 11.5 Å². The Morgan fingerprint density at radius 2 is 1.90 bits per heavy atom. The third-order valence-corrected chi connectivity index (χ3v) is 7.62. The van der Waals surface area contributed by atoms with Crippen molar-refractivity contribution in [1.29, 1.82) is 0 Å². The molecule has 1 aliphatic rings. The fourth-order valence-corrected chi connectivity index (χ4v) is 5.70. The van der Waals surface area contributed by atoms with Crippen molar-refractivity contribution in [2.24, 2.45) is 4.99 Å². The topological polar surface area (TPSA) is 103 Å². The lowest BCUT2D eigenvalue weighted by molar-refractivity contribution is -0.384. The van der Waals surface area contributed by atoms with Crippen LogP contribution in [0.3, 0.4) is 0 Å². The van der Waals surface area contributed by atoms with Crippen LogP contribution < -0.4 is 14.8 Å². The second-order valence-electron chi connectivity index (χ2n) is 8.56. The second kappa shape index (κ2) is 12.1. The molecule has 0 saturated carbocycles. The summed E-state index contributed by atoms with van der Waals surface area (Å²) in [4.78, 5) is 28.1. The Labute approximate surface area is 247 Å². The summed E-state index contributed by atoms with van der Waals surface area (Å²) in [6.07, 6.45) is 1.69. The summed E-state index contributed by atoms with van der Waals surface area (Å²) in [5.41, 5.74) is 1.58. The van der Waals surface area contributed by atoms with E-state index in [2.05, 4.69) is 44.4 Å². The zero-order valence-corrected chi connectivity index (χ0v) is 24.2. The number of fused-ring (bicyclic) bond motifs is 1. The lowest BCUT2D eigenvalue weighted by atomic mass is 10.1. The molecule has 4 aromatic carbocycles. The number of halogens is 2. The lowest BCUT2D eigenvalue weighted by Crippen LogP contribution is -2.19. The van der Waals surface area contributed by atoms with Crippen molar-refractivity contribution in [2.75, 3.05) is 6.61 Å². The van der Waals surface area contributed by atoms with Gasteiger partial charge in [0.25, 0.3) is 11.6 Å². The number of nitrogens with zero attached hydrogens (tertiary/aromatic N) is 2. The third-order valence-electron chi connectivity index (χ3n) is 5.89. The van der Waals surface area contributed by atoms with Crippen molar-refractivity contribution < 1.29 is 19.2 Å². The number of nitro benzene ring substituents is 1. The summed E-state index contributed by atoms with van der Waals surface area (Å²) in [5, 5.41) is 16.7. The standard InChI is InChI=1S/C29H21BrClN3O5S/c1-2-38-25-13-17(12-22(30)27(25)39-16-19-8-5-7-18-6-3-4-9-21(18)19)14-26-28(35)33-29(40-26)32-23-11-10-20(31)15-24(23)34(36)37/h3-15H,2,16H2,1H3,(H,32,33,35)/b26-14+. The molecule has 202 valence electrons. The number of hydrogen-bond donors (Lipinski definition) is 1. The third kappa shape index (κ3) is 6.14. The Morgan fingerprint density at radius 1 is 1.10 bits per heavy atom. The first-order valence-corrected chi connectivity index (χ1v) is 14.1. The first-order valence-electron chi connectivity index (χ1n) is 12.1. The van der Waals surface area contributed by atoms with Gasteiger partial charge in [-0.15, -0.1) is 0 Å². The molecule has 1 amide bonds. The number of amides is 1. The van der Waals surface area contributed by atoms with E-state index in [9.17, 15) is 14.9 Å². The monoisotopic (exact) mass is 637 g/mol. The van der Waals surface area contributed by atoms with Gasteiger partial charge in [0.05, 0.1) is 20.9 Å². The summed E-state index contributed by atoms with van der Waals surface area (Å²) in [6.45, 7) is 2.64. The molecule has 0 aliphatic carbocycles. The van der Waals surface area contributed by atoms with Gasteiger partial charge in [0.1, 0.15) is 12.3 Å². The lowest BCUT2D eigenvalue weighted by Gasteiger charge is -2.15. The van der Waals surface area contributed by atoms with Crippen molar-refractivity contribution in [1.82, 2.24) is 5.32 Å². The number of nitrogens with one attached hydrogen (secondary N) is 1. The highest BCUT2D eigenvalue weighted by atomic mass is 79.9. The van der Waals surface area contributed by atoms with E-state index in [4.69, 9.17) is 21.1 Å². The van der Waals surface area contributed by atoms with Gasteiger partial charge >= 0.3 is 0 Å². The van der Waals surface area contributed by atoms with Gasteiger partial charge in [-0.2, -0.15) is 0 Å². The zero-order valence-electron chi connectivity index (χ0n) is 21.0. The van der Waals surface area contributed by atoms with E-state index in [0.29, 0.717) is 39.7 Å². The van der Waals surface area contributed by atoms with Crippen LogP contribution in [0, 0.1) is 10.1 Å². The maximum absolute atomic E-state index is 12.7. The first-order chi connectivity index (χ1) is 19.3. The van der Waals surface area contributed by atoms with E-state index in [0.717, 1.165) is 28.1 Å². The predicted molar refractivity (Wildman–Crippen MR) is 163 cm³/mol. The van der Waals surface area contributed by atoms with E-state index in [1.807, 2.05) is 37.3 Å². The van der Waals surface area contributed by atoms with E-state index in [1.54, 1.807) is 12.1 Å². The number of carbonyl (C=O) groups is 1. The number of thioether (sulfide) groups is 1. The summed E-state index contributed by atoms with van der Waals surface area (Å²) in [6, 6.07) is 22.0. The molecule has 0 spiro atoms. The summed E-state index contributed by atoms with van der Waals surface area (Å²) >= 11 is 10.6. The van der Waals surface area contributed by atoms with Gasteiger partial charge in [0.2, 0.25) is 0 Å². The minimum absolute atomic E-state index is 0.0903. The quantitative estimate of drug-likeness (QED) is 0.119. The smallest absolute Gasteiger partial charge is 0.296 e. The van der Waals surface area contributed by atoms with Crippen LogP contribution in [0.2, 0.25) is 5.02 Å². The molecule has 5 rings (SSSR count). The number of amidine groups is 1. The van der Waals surface area contributed by atoms with Gasteiger partial charge in [0, 0.05) is 11.1 Å². The molecule has 1 N–H and O–H groups in total. The van der Waals surface area contributed by atoms with Crippen LogP contribution >= 0.6 is 39.3 Å². The van der Waals surface area contributed by atoms with Crippen LogP contribution in [-0.2, 0) is 11.4 Å². The van der Waals surface area contributed by atoms with Crippen LogP contribution in [0.15, 0.2) is 87.2 Å². The minimum Gasteiger partial charge on any atom is -0.490 e. The Kier molecular flexibility index (Phi) is 8.39. The van der Waals surface area contributed by atoms with Crippen molar-refractivity contribution in [3.05, 3.63) is 108 Å². The van der Waals surface area contributed by atoms with Crippen LogP contribution in [-0.4, -0.2) is 22.6 Å². The summed E-state index contributed by atoms with van der Waals surface area (Å²) < 4.78 is 12.8. The van der Waals surface area contributed by atoms with Gasteiger partial charge in [0.15, 0.2) is 16.7 Å². The summed E-state index contributed by atoms with van der Waals surface area (Å²) in [7, 11) is 0. The number of nitro groups is 1. The number of rotatable bonds is 8. The number of ether oxygens (including phenoxy) is 2. The molecule has 1 fully saturated rings. The van der Waals surface area contributed by atoms with E-state index < -0.39 is 4.92 Å². The highest BCUT2D eigenvalue weighted by Crippen LogP contribution is 2.40. The van der Waals surface area contributed by atoms with E-state index in [1.165, 1.54) is 18.2 Å². The molecule has 0 aromatic heterocycles. The molecule has 0 atom stereocenters. The maximum Gasteiger partial charge on any atom is 0.296 e. The van der Waals surface area contributed by atoms with Gasteiger partial charge in [-0.05, 0) is 86.9 Å². The van der Waals surface area contributed by atoms with Gasteiger partial charge in [-0.3, -0.25) is 14.9 Å². The Bertz CT molecular complexity index is 1700. The molecule has 0 bridgehead atoms. The Hall–Kier alpha value is -3.86. The fraction of sp³-hybridized carbons (Fsp3) is 0.103. The molecule has 1 heterocycles. The Balaban J connectivity index is 1.40. The van der Waals surface area contributed by atoms with E-state index in [-0.39, 0.29) is 27.5 Å². The normalized spacial score (nSPS) is 15.0. The number of aliphatic imine (C=N–C) groups is 1. The molecule has 1 aliphatic heterocycles. The molecular formula is C29H21BrClN3O5S. The van der Waals surface area contributed by atoms with Gasteiger partial charge in [-0.1, -0.05) is 54.1 Å². The molecule has 0 radical (unpaired) electrons. The Morgan fingerprint density at radius 3 is 2.70 bits per heavy atom. The van der Waals surface area contributed by atoms with E-state index >= 15 is 0 Å². The van der Waals surface area contributed by atoms with Crippen molar-refractivity contribution in [3.63, 3.8) is 0 Å². The highest BCUT2D eigenvalue weighted by Gasteiger charge is 2.26. The zero-order chi connectivity index (χ0) is 28.2. The molecule has 11 heteroatoms. The van der Waals surface area contributed by atoms with Crippen LogP contribution in [0.4, 0.5) is 11.4 Å². The van der Waals surface area contributed by atoms with Crippen LogP contribution in [0.1, 0.15) is 18.1 Å². The average Bonchev–Trinajstić information content (AvgIpc) is 3.27. The predicted octanol–water partition coefficient (Wildman–Crippen LogP) is 8.03. The molecule has 4 aromatic rings. The minimum atomic E-state index is -0.569. The SMILES string of the molecule is CCOc1cc(/C=C2/SC(=Nc3ccc(Cl)cc3[N+](=O)[O-])NC2=O)cc(Br)c1OCc1cccc2ccccc12. The molecule has 40 heavy (non-hydrogen) atoms. The summed E-state index contributed by atoms with van der Waals surface area (Å²) in [5.74, 6) is 0.710. The van der Waals surface area contributed by atoms with Crippen molar-refractivity contribution in [3.8, 4) is 11.5 Å². The average molecular weight is 639 g/mol. The van der Waals surface area contributed by atoms with Crippen LogP contribution in [0.25, 0.3) is 16.8 Å². The highest BCUT2D eigenvalue weighted by molar-refractivity contribution is 9.10. The fourth-order valence-electron chi connectivity index (χ4n) is 4.12. The van der Waals surface area contributed by atoms with Gasteiger partial charge in [-0.25, -0.2) is 4.99 Å². The van der Waals surface area contributed by atoms with Crippen molar-refractivity contribution in [2.45, 2.75) is 13.5 Å². The first kappa shape index (κ1) is 27.7. The van der Waals surface area contributed by atoms with Crippen molar-refractivity contribution >= 4 is 78.6 Å². The number of hydrogen-bond acceptors (Lipinski definition) is 7. The number of benzene rings is 4. The molecular weight excluding hydrogens is 618 g/mol. The number of carbonyl (C=O) groups excluding carboxylic acids is 1. The molecule has 0 unspecified atom stereocenters.